The van der Waals surface area contributed by atoms with Gasteiger partial charge in [0.1, 0.15) is 5.82 Å². The SMILES string of the molecule is CC1(C)OB(c2ccc(-c3nc4ccc(C(F)(F)F)cc4[nH]3)cc2)OC1(C)C. The zero-order chi connectivity index (χ0) is 20.3. The van der Waals surface area contributed by atoms with Gasteiger partial charge in [-0.1, -0.05) is 24.3 Å². The van der Waals surface area contributed by atoms with E-state index in [-0.39, 0.29) is 0 Å². The maximum Gasteiger partial charge on any atom is 0.494 e. The van der Waals surface area contributed by atoms with E-state index >= 15 is 0 Å². The quantitative estimate of drug-likeness (QED) is 0.656. The van der Waals surface area contributed by atoms with Crippen molar-refractivity contribution in [3.8, 4) is 11.4 Å². The zero-order valence-electron chi connectivity index (χ0n) is 16.0. The average Bonchev–Trinajstić information content (AvgIpc) is 3.11. The number of nitrogens with one attached hydrogen (secondary N) is 1. The summed E-state index contributed by atoms with van der Waals surface area (Å²) >= 11 is 0. The minimum atomic E-state index is -4.38. The fourth-order valence-electron chi connectivity index (χ4n) is 3.10. The molecule has 0 atom stereocenters. The van der Waals surface area contributed by atoms with Gasteiger partial charge in [0.05, 0.1) is 27.8 Å². The molecule has 1 fully saturated rings. The van der Waals surface area contributed by atoms with Crippen LogP contribution in [0.1, 0.15) is 33.3 Å². The first kappa shape index (κ1) is 19.0. The summed E-state index contributed by atoms with van der Waals surface area (Å²) in [4.78, 5) is 7.36. The molecule has 4 rings (SSSR count). The first-order valence-electron chi connectivity index (χ1n) is 8.99. The Morgan fingerprint density at radius 1 is 0.929 bits per heavy atom. The highest BCUT2D eigenvalue weighted by Crippen LogP contribution is 2.36. The Morgan fingerprint density at radius 3 is 2.11 bits per heavy atom. The normalized spacial score (nSPS) is 18.8. The number of H-pyrrole nitrogens is 1. The Labute approximate surface area is 161 Å². The molecule has 0 spiro atoms. The molecule has 28 heavy (non-hydrogen) atoms. The lowest BCUT2D eigenvalue weighted by Crippen LogP contribution is -2.41. The molecule has 3 aromatic rings. The molecule has 0 aliphatic carbocycles. The number of aromatic nitrogens is 2. The van der Waals surface area contributed by atoms with Crippen molar-refractivity contribution >= 4 is 23.6 Å². The number of imidazole rings is 1. The van der Waals surface area contributed by atoms with Crippen molar-refractivity contribution in [3.63, 3.8) is 0 Å². The van der Waals surface area contributed by atoms with E-state index in [9.17, 15) is 13.2 Å². The van der Waals surface area contributed by atoms with Crippen LogP contribution in [-0.2, 0) is 15.5 Å². The molecule has 2 aromatic carbocycles. The fraction of sp³-hybridized carbons (Fsp3) is 0.350. The standard InChI is InChI=1S/C20H20BF3N2O2/c1-18(2)19(3,4)28-21(27-18)14-8-5-12(6-9-14)17-25-15-10-7-13(20(22,23)24)11-16(15)26-17/h5-11H,1-4H3,(H,25,26). The minimum Gasteiger partial charge on any atom is -0.399 e. The van der Waals surface area contributed by atoms with Crippen molar-refractivity contribution in [1.82, 2.24) is 9.97 Å². The molecule has 0 bridgehead atoms. The molecular weight excluding hydrogens is 368 g/mol. The molecular formula is C20H20BF3N2O2. The third-order valence-electron chi connectivity index (χ3n) is 5.52. The van der Waals surface area contributed by atoms with Gasteiger partial charge in [-0.05, 0) is 51.4 Å². The van der Waals surface area contributed by atoms with Gasteiger partial charge in [-0.25, -0.2) is 4.98 Å². The van der Waals surface area contributed by atoms with Gasteiger partial charge in [-0.3, -0.25) is 0 Å². The molecule has 1 N–H and O–H groups in total. The molecule has 8 heteroatoms. The molecule has 0 unspecified atom stereocenters. The van der Waals surface area contributed by atoms with Gasteiger partial charge in [-0.2, -0.15) is 13.2 Å². The zero-order valence-corrected chi connectivity index (χ0v) is 16.0. The molecule has 2 heterocycles. The minimum absolute atomic E-state index is 0.347. The van der Waals surface area contributed by atoms with Crippen LogP contribution in [0.2, 0.25) is 0 Å². The maximum absolute atomic E-state index is 12.9. The van der Waals surface area contributed by atoms with Crippen LogP contribution in [0.3, 0.4) is 0 Å². The van der Waals surface area contributed by atoms with Crippen LogP contribution in [0.25, 0.3) is 22.4 Å². The fourth-order valence-corrected chi connectivity index (χ4v) is 3.10. The Hall–Kier alpha value is -2.32. The van der Waals surface area contributed by atoms with Crippen LogP contribution in [0, 0.1) is 0 Å². The summed E-state index contributed by atoms with van der Waals surface area (Å²) in [5.74, 6) is 0.509. The average molecular weight is 388 g/mol. The topological polar surface area (TPSA) is 47.1 Å². The molecule has 4 nitrogen and oxygen atoms in total. The second kappa shape index (κ2) is 6.09. The van der Waals surface area contributed by atoms with E-state index in [1.54, 1.807) is 0 Å². The molecule has 1 aliphatic rings. The summed E-state index contributed by atoms with van der Waals surface area (Å²) in [5, 5.41) is 0. The van der Waals surface area contributed by atoms with E-state index in [2.05, 4.69) is 9.97 Å². The summed E-state index contributed by atoms with van der Waals surface area (Å²) < 4.78 is 50.7. The van der Waals surface area contributed by atoms with Crippen LogP contribution in [0.4, 0.5) is 13.2 Å². The number of hydrogen-bond acceptors (Lipinski definition) is 3. The highest BCUT2D eigenvalue weighted by molar-refractivity contribution is 6.62. The Balaban J connectivity index is 1.61. The van der Waals surface area contributed by atoms with Gasteiger partial charge >= 0.3 is 13.3 Å². The molecule has 0 radical (unpaired) electrons. The number of hydrogen-bond donors (Lipinski definition) is 1. The van der Waals surface area contributed by atoms with Crippen molar-refractivity contribution in [2.45, 2.75) is 45.1 Å². The van der Waals surface area contributed by atoms with E-state index in [4.69, 9.17) is 9.31 Å². The van der Waals surface area contributed by atoms with Gasteiger partial charge in [-0.15, -0.1) is 0 Å². The Kier molecular flexibility index (Phi) is 4.14. The number of benzene rings is 2. The monoisotopic (exact) mass is 388 g/mol. The largest absolute Gasteiger partial charge is 0.494 e. The smallest absolute Gasteiger partial charge is 0.399 e. The van der Waals surface area contributed by atoms with Crippen molar-refractivity contribution < 1.29 is 22.5 Å². The van der Waals surface area contributed by atoms with E-state index in [0.29, 0.717) is 16.9 Å². The van der Waals surface area contributed by atoms with Gasteiger partial charge in [0.2, 0.25) is 0 Å². The van der Waals surface area contributed by atoms with E-state index in [1.807, 2.05) is 52.0 Å². The first-order chi connectivity index (χ1) is 13.0. The number of fused-ring (bicyclic) bond motifs is 1. The molecule has 146 valence electrons. The summed E-state index contributed by atoms with van der Waals surface area (Å²) in [6, 6.07) is 10.9. The van der Waals surface area contributed by atoms with Crippen LogP contribution in [0.5, 0.6) is 0 Å². The first-order valence-corrected chi connectivity index (χ1v) is 8.99. The highest BCUT2D eigenvalue weighted by Gasteiger charge is 2.51. The Morgan fingerprint density at radius 2 is 1.54 bits per heavy atom. The lowest BCUT2D eigenvalue weighted by atomic mass is 9.79. The van der Waals surface area contributed by atoms with Gasteiger partial charge in [0.25, 0.3) is 0 Å². The van der Waals surface area contributed by atoms with Gasteiger partial charge < -0.3 is 14.3 Å². The molecule has 1 saturated heterocycles. The third kappa shape index (κ3) is 3.20. The number of alkyl halides is 3. The second-order valence-electron chi connectivity index (χ2n) is 8.03. The van der Waals surface area contributed by atoms with Crippen molar-refractivity contribution in [2.24, 2.45) is 0 Å². The molecule has 1 aliphatic heterocycles. The predicted molar refractivity (Wildman–Crippen MR) is 102 cm³/mol. The number of rotatable bonds is 2. The summed E-state index contributed by atoms with van der Waals surface area (Å²) in [6.45, 7) is 7.96. The van der Waals surface area contributed by atoms with Crippen LogP contribution in [-0.4, -0.2) is 28.3 Å². The van der Waals surface area contributed by atoms with Crippen molar-refractivity contribution in [1.29, 1.82) is 0 Å². The predicted octanol–water partition coefficient (Wildman–Crippen LogP) is 4.55. The summed E-state index contributed by atoms with van der Waals surface area (Å²) in [7, 11) is -0.468. The lowest BCUT2D eigenvalue weighted by Gasteiger charge is -2.32. The van der Waals surface area contributed by atoms with E-state index < -0.39 is 30.1 Å². The van der Waals surface area contributed by atoms with Crippen LogP contribution in [0.15, 0.2) is 42.5 Å². The lowest BCUT2D eigenvalue weighted by molar-refractivity contribution is -0.137. The number of aromatic amines is 1. The van der Waals surface area contributed by atoms with E-state index in [0.717, 1.165) is 23.2 Å². The molecule has 0 amide bonds. The molecule has 0 saturated carbocycles. The van der Waals surface area contributed by atoms with Crippen molar-refractivity contribution in [3.05, 3.63) is 48.0 Å². The second-order valence-corrected chi connectivity index (χ2v) is 8.03. The summed E-state index contributed by atoms with van der Waals surface area (Å²) in [6.07, 6.45) is -4.38. The van der Waals surface area contributed by atoms with Crippen LogP contribution >= 0.6 is 0 Å². The van der Waals surface area contributed by atoms with Gasteiger partial charge in [0.15, 0.2) is 0 Å². The van der Waals surface area contributed by atoms with Crippen molar-refractivity contribution in [2.75, 3.05) is 0 Å². The molecule has 1 aromatic heterocycles. The number of halogens is 3. The Bertz CT molecular complexity index is 1010. The third-order valence-corrected chi connectivity index (χ3v) is 5.52. The number of nitrogens with zero attached hydrogens (tertiary/aromatic N) is 1. The highest BCUT2D eigenvalue weighted by atomic mass is 19.4. The summed E-state index contributed by atoms with van der Waals surface area (Å²) in [5.41, 5.74) is 0.920. The van der Waals surface area contributed by atoms with Crippen LogP contribution < -0.4 is 5.46 Å². The maximum atomic E-state index is 12.9. The van der Waals surface area contributed by atoms with E-state index in [1.165, 1.54) is 6.07 Å². The van der Waals surface area contributed by atoms with Gasteiger partial charge in [0, 0.05) is 5.56 Å².